The molecule has 0 aliphatic heterocycles. The summed E-state index contributed by atoms with van der Waals surface area (Å²) in [5.74, 6) is -0.0868. The van der Waals surface area contributed by atoms with Crippen molar-refractivity contribution in [3.05, 3.63) is 68.2 Å². The number of hydrogen-bond acceptors (Lipinski definition) is 4. The average Bonchev–Trinajstić information content (AvgIpc) is 2.46. The fourth-order valence-electron chi connectivity index (χ4n) is 1.77. The number of hydrogen-bond donors (Lipinski definition) is 0. The second-order valence-electron chi connectivity index (χ2n) is 4.38. The van der Waals surface area contributed by atoms with E-state index in [2.05, 4.69) is 15.9 Å². The number of carbonyl (C=O) groups excluding carboxylic acids is 1. The molecule has 0 aliphatic carbocycles. The highest BCUT2D eigenvalue weighted by atomic mass is 79.9. The van der Waals surface area contributed by atoms with Crippen LogP contribution in [0.2, 0.25) is 0 Å². The van der Waals surface area contributed by atoms with Crippen LogP contribution in [0.1, 0.15) is 22.8 Å². The highest BCUT2D eigenvalue weighted by Crippen LogP contribution is 2.29. The summed E-state index contributed by atoms with van der Waals surface area (Å²) in [4.78, 5) is 21.8. The molecular formula is C15H12BrNO4. The van der Waals surface area contributed by atoms with Gasteiger partial charge in [-0.1, -0.05) is 34.1 Å². The van der Waals surface area contributed by atoms with Crippen molar-refractivity contribution in [2.24, 2.45) is 0 Å². The smallest absolute Gasteiger partial charge is 0.311 e. The molecular weight excluding hydrogens is 338 g/mol. The lowest BCUT2D eigenvalue weighted by atomic mass is 10.1. The minimum atomic E-state index is -0.554. The highest BCUT2D eigenvalue weighted by Gasteiger charge is 2.17. The van der Waals surface area contributed by atoms with Crippen LogP contribution < -0.4 is 4.74 Å². The Morgan fingerprint density at radius 2 is 2.00 bits per heavy atom. The number of nitrogens with zero attached hydrogens (tertiary/aromatic N) is 1. The van der Waals surface area contributed by atoms with Gasteiger partial charge in [-0.3, -0.25) is 14.9 Å². The van der Waals surface area contributed by atoms with Gasteiger partial charge in [0.2, 0.25) is 0 Å². The van der Waals surface area contributed by atoms with Gasteiger partial charge >= 0.3 is 5.69 Å². The monoisotopic (exact) mass is 349 g/mol. The normalized spacial score (nSPS) is 10.2. The SMILES string of the molecule is CC(=O)c1ccc(OCc2ccccc2Br)c([N+](=O)[O-])c1. The Balaban J connectivity index is 2.26. The van der Waals surface area contributed by atoms with E-state index in [9.17, 15) is 14.9 Å². The Bertz CT molecular complexity index is 700. The van der Waals surface area contributed by atoms with Gasteiger partial charge in [0.25, 0.3) is 0 Å². The van der Waals surface area contributed by atoms with E-state index in [-0.39, 0.29) is 29.4 Å². The van der Waals surface area contributed by atoms with Crippen molar-refractivity contribution in [1.82, 2.24) is 0 Å². The van der Waals surface area contributed by atoms with Gasteiger partial charge in [0.05, 0.1) is 4.92 Å². The molecule has 0 unspecified atom stereocenters. The van der Waals surface area contributed by atoms with Gasteiger partial charge < -0.3 is 4.74 Å². The van der Waals surface area contributed by atoms with Crippen LogP contribution in [0.25, 0.3) is 0 Å². The quantitative estimate of drug-likeness (QED) is 0.462. The summed E-state index contributed by atoms with van der Waals surface area (Å²) < 4.78 is 6.39. The van der Waals surface area contributed by atoms with Crippen LogP contribution in [-0.2, 0) is 6.61 Å². The van der Waals surface area contributed by atoms with E-state index in [1.165, 1.54) is 25.1 Å². The molecule has 108 valence electrons. The molecule has 21 heavy (non-hydrogen) atoms. The summed E-state index contributed by atoms with van der Waals surface area (Å²) in [5, 5.41) is 11.1. The van der Waals surface area contributed by atoms with Crippen molar-refractivity contribution in [1.29, 1.82) is 0 Å². The van der Waals surface area contributed by atoms with Gasteiger partial charge in [0, 0.05) is 21.7 Å². The van der Waals surface area contributed by atoms with E-state index in [0.29, 0.717) is 0 Å². The number of halogens is 1. The first-order valence-electron chi connectivity index (χ1n) is 6.14. The summed E-state index contributed by atoms with van der Waals surface area (Å²) in [6, 6.07) is 11.7. The van der Waals surface area contributed by atoms with Crippen LogP contribution in [0.15, 0.2) is 46.9 Å². The van der Waals surface area contributed by atoms with Gasteiger partial charge in [0.1, 0.15) is 6.61 Å². The molecule has 0 bridgehead atoms. The summed E-state index contributed by atoms with van der Waals surface area (Å²) in [6.07, 6.45) is 0. The number of carbonyl (C=O) groups is 1. The van der Waals surface area contributed by atoms with Crippen molar-refractivity contribution in [2.45, 2.75) is 13.5 Å². The molecule has 2 rings (SSSR count). The molecule has 0 aliphatic rings. The number of nitro benzene ring substituents is 1. The van der Waals surface area contributed by atoms with Crippen molar-refractivity contribution in [3.63, 3.8) is 0 Å². The van der Waals surface area contributed by atoms with E-state index in [0.717, 1.165) is 10.0 Å². The zero-order valence-electron chi connectivity index (χ0n) is 11.2. The van der Waals surface area contributed by atoms with Crippen LogP contribution in [0.4, 0.5) is 5.69 Å². The number of ether oxygens (including phenoxy) is 1. The Morgan fingerprint density at radius 3 is 2.62 bits per heavy atom. The molecule has 0 fully saturated rings. The summed E-state index contributed by atoms with van der Waals surface area (Å²) in [6.45, 7) is 1.56. The zero-order valence-corrected chi connectivity index (χ0v) is 12.8. The minimum Gasteiger partial charge on any atom is -0.482 e. The zero-order chi connectivity index (χ0) is 15.4. The van der Waals surface area contributed by atoms with Crippen molar-refractivity contribution in [2.75, 3.05) is 0 Å². The lowest BCUT2D eigenvalue weighted by Gasteiger charge is -2.09. The molecule has 0 heterocycles. The van der Waals surface area contributed by atoms with Crippen molar-refractivity contribution >= 4 is 27.4 Å². The summed E-state index contributed by atoms with van der Waals surface area (Å²) in [5.41, 5.74) is 0.951. The molecule has 5 nitrogen and oxygen atoms in total. The molecule has 0 aromatic heterocycles. The first-order valence-corrected chi connectivity index (χ1v) is 6.94. The third-order valence-corrected chi connectivity index (χ3v) is 3.68. The van der Waals surface area contributed by atoms with E-state index in [1.54, 1.807) is 0 Å². The first kappa shape index (κ1) is 15.2. The number of ketones is 1. The van der Waals surface area contributed by atoms with Crippen LogP contribution in [0.3, 0.4) is 0 Å². The summed E-state index contributed by atoms with van der Waals surface area (Å²) in [7, 11) is 0. The molecule has 0 N–H and O–H groups in total. The molecule has 0 radical (unpaired) electrons. The van der Waals surface area contributed by atoms with Crippen molar-refractivity contribution in [3.8, 4) is 5.75 Å². The number of benzene rings is 2. The Labute approximate surface area is 129 Å². The van der Waals surface area contributed by atoms with Crippen molar-refractivity contribution < 1.29 is 14.5 Å². The number of nitro groups is 1. The second kappa shape index (κ2) is 6.49. The number of Topliss-reactive ketones (excluding diaryl/α,β-unsaturated/α-hetero) is 1. The van der Waals surface area contributed by atoms with Crippen LogP contribution in [0, 0.1) is 10.1 Å². The Morgan fingerprint density at radius 1 is 1.29 bits per heavy atom. The van der Waals surface area contributed by atoms with Gasteiger partial charge in [0.15, 0.2) is 11.5 Å². The van der Waals surface area contributed by atoms with Crippen LogP contribution >= 0.6 is 15.9 Å². The van der Waals surface area contributed by atoms with E-state index in [4.69, 9.17) is 4.74 Å². The molecule has 0 saturated carbocycles. The molecule has 2 aromatic carbocycles. The topological polar surface area (TPSA) is 69.4 Å². The molecule has 6 heteroatoms. The fourth-order valence-corrected chi connectivity index (χ4v) is 2.17. The molecule has 2 aromatic rings. The molecule has 0 amide bonds. The van der Waals surface area contributed by atoms with Gasteiger partial charge in [-0.05, 0) is 25.1 Å². The Kier molecular flexibility index (Phi) is 4.70. The maximum Gasteiger partial charge on any atom is 0.311 e. The lowest BCUT2D eigenvalue weighted by molar-refractivity contribution is -0.386. The maximum absolute atomic E-state index is 11.3. The maximum atomic E-state index is 11.3. The average molecular weight is 350 g/mol. The third kappa shape index (κ3) is 3.66. The van der Waals surface area contributed by atoms with E-state index in [1.807, 2.05) is 24.3 Å². The summed E-state index contributed by atoms with van der Waals surface area (Å²) >= 11 is 3.39. The van der Waals surface area contributed by atoms with Gasteiger partial charge in [-0.25, -0.2) is 0 Å². The van der Waals surface area contributed by atoms with Crippen LogP contribution in [-0.4, -0.2) is 10.7 Å². The molecule has 0 atom stereocenters. The largest absolute Gasteiger partial charge is 0.482 e. The van der Waals surface area contributed by atoms with Crippen LogP contribution in [0.5, 0.6) is 5.75 Å². The minimum absolute atomic E-state index is 0.140. The van der Waals surface area contributed by atoms with E-state index < -0.39 is 4.92 Å². The van der Waals surface area contributed by atoms with E-state index >= 15 is 0 Å². The van der Waals surface area contributed by atoms with Gasteiger partial charge in [-0.15, -0.1) is 0 Å². The highest BCUT2D eigenvalue weighted by molar-refractivity contribution is 9.10. The standard InChI is InChI=1S/C15H12BrNO4/c1-10(18)11-6-7-15(14(8-11)17(19)20)21-9-12-4-2-3-5-13(12)16/h2-8H,9H2,1H3. The first-order chi connectivity index (χ1) is 9.99. The third-order valence-electron chi connectivity index (χ3n) is 2.90. The molecule has 0 spiro atoms. The number of rotatable bonds is 5. The molecule has 0 saturated heterocycles. The second-order valence-corrected chi connectivity index (χ2v) is 5.23. The predicted molar refractivity (Wildman–Crippen MR) is 81.6 cm³/mol. The Hall–Kier alpha value is -2.21. The predicted octanol–water partition coefficient (Wildman–Crippen LogP) is 4.14. The fraction of sp³-hybridized carbons (Fsp3) is 0.133. The lowest BCUT2D eigenvalue weighted by Crippen LogP contribution is -2.01. The van der Waals surface area contributed by atoms with Gasteiger partial charge in [-0.2, -0.15) is 0 Å².